The van der Waals surface area contributed by atoms with Crippen molar-refractivity contribution >= 4 is 23.6 Å². The molecule has 0 spiro atoms. The fourth-order valence-corrected chi connectivity index (χ4v) is 3.78. The van der Waals surface area contributed by atoms with Gasteiger partial charge in [0.2, 0.25) is 11.9 Å². The van der Waals surface area contributed by atoms with Gasteiger partial charge in [-0.25, -0.2) is 0 Å². The van der Waals surface area contributed by atoms with Crippen LogP contribution >= 0.6 is 11.8 Å². The van der Waals surface area contributed by atoms with Crippen LogP contribution < -0.4 is 10.2 Å². The Morgan fingerprint density at radius 1 is 1.39 bits per heavy atom. The average molecular weight is 335 g/mol. The van der Waals surface area contributed by atoms with Crippen LogP contribution in [0.25, 0.3) is 0 Å². The molecule has 0 unspecified atom stereocenters. The second-order valence-corrected chi connectivity index (χ2v) is 7.53. The summed E-state index contributed by atoms with van der Waals surface area (Å²) in [4.78, 5) is 14.4. The molecule has 6 nitrogen and oxygen atoms in total. The SMILES string of the molecule is C=CCNC(=O)[C@H](C)Sc1nnc(N2CCCCC2)n1C1CC1. The van der Waals surface area contributed by atoms with Crippen molar-refractivity contribution in [1.29, 1.82) is 0 Å². The second kappa shape index (κ2) is 7.38. The Hall–Kier alpha value is -1.50. The van der Waals surface area contributed by atoms with E-state index >= 15 is 0 Å². The van der Waals surface area contributed by atoms with Gasteiger partial charge in [-0.15, -0.1) is 16.8 Å². The summed E-state index contributed by atoms with van der Waals surface area (Å²) in [7, 11) is 0. The van der Waals surface area contributed by atoms with Crippen molar-refractivity contribution in [2.24, 2.45) is 0 Å². The fourth-order valence-electron chi connectivity index (χ4n) is 2.84. The molecule has 1 saturated carbocycles. The number of thioether (sulfide) groups is 1. The van der Waals surface area contributed by atoms with E-state index in [0.29, 0.717) is 12.6 Å². The first-order valence-corrected chi connectivity index (χ1v) is 9.33. The number of hydrogen-bond donors (Lipinski definition) is 1. The van der Waals surface area contributed by atoms with E-state index in [0.717, 1.165) is 24.2 Å². The third-order valence-corrected chi connectivity index (χ3v) is 5.33. The lowest BCUT2D eigenvalue weighted by atomic mass is 10.1. The van der Waals surface area contributed by atoms with Crippen LogP contribution in [-0.2, 0) is 4.79 Å². The van der Waals surface area contributed by atoms with Gasteiger partial charge in [0.1, 0.15) is 0 Å². The third-order valence-electron chi connectivity index (χ3n) is 4.27. The van der Waals surface area contributed by atoms with Gasteiger partial charge < -0.3 is 10.2 Å². The summed E-state index contributed by atoms with van der Waals surface area (Å²) < 4.78 is 2.26. The summed E-state index contributed by atoms with van der Waals surface area (Å²) >= 11 is 1.50. The molecule has 2 heterocycles. The minimum absolute atomic E-state index is 0.0137. The lowest BCUT2D eigenvalue weighted by molar-refractivity contribution is -0.120. The maximum Gasteiger partial charge on any atom is 0.233 e. The smallest absolute Gasteiger partial charge is 0.233 e. The van der Waals surface area contributed by atoms with Crippen molar-refractivity contribution in [2.45, 2.75) is 55.5 Å². The molecule has 1 aromatic rings. The van der Waals surface area contributed by atoms with E-state index in [1.807, 2.05) is 6.92 Å². The molecule has 1 aliphatic heterocycles. The van der Waals surface area contributed by atoms with Gasteiger partial charge >= 0.3 is 0 Å². The van der Waals surface area contributed by atoms with E-state index in [1.165, 1.54) is 43.9 Å². The summed E-state index contributed by atoms with van der Waals surface area (Å²) in [6.07, 6.45) is 7.81. The number of anilines is 1. The average Bonchev–Trinajstić information content (AvgIpc) is 3.34. The predicted molar refractivity (Wildman–Crippen MR) is 92.9 cm³/mol. The largest absolute Gasteiger partial charge is 0.352 e. The lowest BCUT2D eigenvalue weighted by Crippen LogP contribution is -2.32. The molecule has 0 bridgehead atoms. The van der Waals surface area contributed by atoms with Crippen molar-refractivity contribution in [2.75, 3.05) is 24.5 Å². The summed E-state index contributed by atoms with van der Waals surface area (Å²) in [5.41, 5.74) is 0. The highest BCUT2D eigenvalue weighted by Gasteiger charge is 2.33. The van der Waals surface area contributed by atoms with E-state index in [1.54, 1.807) is 6.08 Å². The zero-order chi connectivity index (χ0) is 16.2. The Morgan fingerprint density at radius 3 is 2.78 bits per heavy atom. The standard InChI is InChI=1S/C16H25N5OS/c1-3-9-17-14(22)12(2)23-16-19-18-15(21(16)13-7-8-13)20-10-5-4-6-11-20/h3,12-13H,1,4-11H2,2H3,(H,17,22)/t12-/m0/s1. The van der Waals surface area contributed by atoms with Crippen LogP contribution in [0.15, 0.2) is 17.8 Å². The number of piperidine rings is 1. The monoisotopic (exact) mass is 335 g/mol. The van der Waals surface area contributed by atoms with Gasteiger partial charge in [-0.1, -0.05) is 17.8 Å². The highest BCUT2D eigenvalue weighted by atomic mass is 32.2. The van der Waals surface area contributed by atoms with Gasteiger partial charge in [0.05, 0.1) is 5.25 Å². The van der Waals surface area contributed by atoms with Gasteiger partial charge in [-0.05, 0) is 39.0 Å². The minimum atomic E-state index is -0.189. The van der Waals surface area contributed by atoms with E-state index in [4.69, 9.17) is 0 Å². The Kier molecular flexibility index (Phi) is 5.25. The molecule has 1 atom stereocenters. The van der Waals surface area contributed by atoms with Crippen LogP contribution in [-0.4, -0.2) is 45.6 Å². The third kappa shape index (κ3) is 3.88. The number of hydrogen-bond acceptors (Lipinski definition) is 5. The summed E-state index contributed by atoms with van der Waals surface area (Å²) in [5.74, 6) is 1.01. The number of nitrogens with one attached hydrogen (secondary N) is 1. The van der Waals surface area contributed by atoms with Crippen molar-refractivity contribution in [3.05, 3.63) is 12.7 Å². The van der Waals surface area contributed by atoms with E-state index < -0.39 is 0 Å². The van der Waals surface area contributed by atoms with Crippen LogP contribution in [0.5, 0.6) is 0 Å². The topological polar surface area (TPSA) is 63.1 Å². The highest BCUT2D eigenvalue weighted by molar-refractivity contribution is 8.00. The zero-order valence-corrected chi connectivity index (χ0v) is 14.5. The summed E-state index contributed by atoms with van der Waals surface area (Å²) in [6.45, 7) is 8.15. The number of nitrogens with zero attached hydrogens (tertiary/aromatic N) is 4. The van der Waals surface area contributed by atoms with Gasteiger partial charge in [0.25, 0.3) is 0 Å². The van der Waals surface area contributed by atoms with Crippen LogP contribution in [0.1, 0.15) is 45.1 Å². The number of carbonyl (C=O) groups excluding carboxylic acids is 1. The van der Waals surface area contributed by atoms with Gasteiger partial charge in [-0.3, -0.25) is 9.36 Å². The fraction of sp³-hybridized carbons (Fsp3) is 0.688. The molecule has 1 N–H and O–H groups in total. The molecule has 126 valence electrons. The number of rotatable bonds is 7. The Bertz CT molecular complexity index is 563. The molecule has 1 amide bonds. The second-order valence-electron chi connectivity index (χ2n) is 6.23. The van der Waals surface area contributed by atoms with Crippen LogP contribution in [0, 0.1) is 0 Å². The molecule has 1 saturated heterocycles. The normalized spacial score (nSPS) is 19.4. The van der Waals surface area contributed by atoms with Crippen LogP contribution in [0.2, 0.25) is 0 Å². The first-order chi connectivity index (χ1) is 11.2. The number of aromatic nitrogens is 3. The summed E-state index contributed by atoms with van der Waals surface area (Å²) in [6, 6.07) is 0.507. The van der Waals surface area contributed by atoms with Crippen LogP contribution in [0.4, 0.5) is 5.95 Å². The van der Waals surface area contributed by atoms with Crippen LogP contribution in [0.3, 0.4) is 0 Å². The van der Waals surface area contributed by atoms with Gasteiger partial charge in [0.15, 0.2) is 5.16 Å². The molecule has 7 heteroatoms. The molecule has 1 aliphatic carbocycles. The van der Waals surface area contributed by atoms with Crippen molar-refractivity contribution in [3.63, 3.8) is 0 Å². The van der Waals surface area contributed by atoms with Crippen molar-refractivity contribution < 1.29 is 4.79 Å². The Morgan fingerprint density at radius 2 is 2.13 bits per heavy atom. The molecular weight excluding hydrogens is 310 g/mol. The molecule has 3 rings (SSSR count). The molecule has 23 heavy (non-hydrogen) atoms. The van der Waals surface area contributed by atoms with E-state index in [9.17, 15) is 4.79 Å². The molecule has 2 fully saturated rings. The quantitative estimate of drug-likeness (QED) is 0.612. The predicted octanol–water partition coefficient (Wildman–Crippen LogP) is 2.39. The first-order valence-electron chi connectivity index (χ1n) is 8.46. The maximum atomic E-state index is 12.1. The maximum absolute atomic E-state index is 12.1. The molecule has 0 radical (unpaired) electrons. The van der Waals surface area contributed by atoms with Crippen molar-refractivity contribution in [1.82, 2.24) is 20.1 Å². The number of amides is 1. The molecule has 0 aromatic carbocycles. The minimum Gasteiger partial charge on any atom is -0.352 e. The van der Waals surface area contributed by atoms with Gasteiger partial charge in [0, 0.05) is 25.7 Å². The molecular formula is C16H25N5OS. The van der Waals surface area contributed by atoms with Gasteiger partial charge in [-0.2, -0.15) is 0 Å². The first kappa shape index (κ1) is 16.4. The zero-order valence-electron chi connectivity index (χ0n) is 13.7. The van der Waals surface area contributed by atoms with E-state index in [-0.39, 0.29) is 11.2 Å². The lowest BCUT2D eigenvalue weighted by Gasteiger charge is -2.28. The van der Waals surface area contributed by atoms with Crippen molar-refractivity contribution in [3.8, 4) is 0 Å². The Labute approximate surface area is 141 Å². The Balaban J connectivity index is 1.73. The van der Waals surface area contributed by atoms with E-state index in [2.05, 4.69) is 31.6 Å². The summed E-state index contributed by atoms with van der Waals surface area (Å²) in [5, 5.41) is 12.4. The molecule has 1 aromatic heterocycles. The highest BCUT2D eigenvalue weighted by Crippen LogP contribution is 2.41. The molecule has 2 aliphatic rings. The number of carbonyl (C=O) groups is 1.